The topological polar surface area (TPSA) is 170 Å². The number of rotatable bonds is 8. The number of nitrogens with zero attached hydrogens (tertiary/aromatic N) is 4. The summed E-state index contributed by atoms with van der Waals surface area (Å²) in [6.07, 6.45) is 0. The standard InChI is InChI=1S/C24H18N6O6/c1-13(31)15-6-8-17(9-7-15)25-23-24(26-18-5-3-4-16(10-18)14(2)32)28-20-12-22(30(35)36)21(29(33)34)11-19(20)27-23/h3-12H,1-2H3,(H,25,27)(H,26,28). The normalized spacial score (nSPS) is 10.6. The highest BCUT2D eigenvalue weighted by molar-refractivity contribution is 5.96. The fraction of sp³-hybridized carbons (Fsp3) is 0.0833. The Morgan fingerprint density at radius 2 is 1.19 bits per heavy atom. The van der Waals surface area contributed by atoms with Gasteiger partial charge in [-0.1, -0.05) is 12.1 Å². The van der Waals surface area contributed by atoms with Gasteiger partial charge in [-0.25, -0.2) is 9.97 Å². The van der Waals surface area contributed by atoms with E-state index >= 15 is 0 Å². The molecule has 0 aliphatic carbocycles. The summed E-state index contributed by atoms with van der Waals surface area (Å²) >= 11 is 0. The Balaban J connectivity index is 1.85. The Morgan fingerprint density at radius 1 is 0.694 bits per heavy atom. The maximum Gasteiger partial charge on any atom is 0.348 e. The monoisotopic (exact) mass is 486 g/mol. The minimum Gasteiger partial charge on any atom is -0.337 e. The number of carbonyl (C=O) groups excluding carboxylic acids is 2. The summed E-state index contributed by atoms with van der Waals surface area (Å²) in [6.45, 7) is 2.87. The van der Waals surface area contributed by atoms with Crippen LogP contribution in [-0.2, 0) is 0 Å². The van der Waals surface area contributed by atoms with E-state index in [0.29, 0.717) is 22.5 Å². The fourth-order valence-electron chi connectivity index (χ4n) is 3.43. The van der Waals surface area contributed by atoms with Crippen molar-refractivity contribution in [2.45, 2.75) is 13.8 Å². The summed E-state index contributed by atoms with van der Waals surface area (Å²) < 4.78 is 0. The molecule has 4 rings (SSSR count). The maximum absolute atomic E-state index is 11.8. The van der Waals surface area contributed by atoms with Crippen LogP contribution in [0.5, 0.6) is 0 Å². The fourth-order valence-corrected chi connectivity index (χ4v) is 3.43. The van der Waals surface area contributed by atoms with Gasteiger partial charge in [0, 0.05) is 22.5 Å². The number of nitro groups is 2. The summed E-state index contributed by atoms with van der Waals surface area (Å²) in [4.78, 5) is 53.3. The predicted molar refractivity (Wildman–Crippen MR) is 132 cm³/mol. The van der Waals surface area contributed by atoms with Crippen LogP contribution in [-0.4, -0.2) is 31.4 Å². The average molecular weight is 486 g/mol. The van der Waals surface area contributed by atoms with Crippen LogP contribution in [0.2, 0.25) is 0 Å². The zero-order valence-electron chi connectivity index (χ0n) is 19.0. The summed E-state index contributed by atoms with van der Waals surface area (Å²) in [6, 6.07) is 15.2. The third-order valence-corrected chi connectivity index (χ3v) is 5.24. The summed E-state index contributed by atoms with van der Waals surface area (Å²) in [5.41, 5.74) is 0.684. The van der Waals surface area contributed by atoms with E-state index in [-0.39, 0.29) is 34.2 Å². The Kier molecular flexibility index (Phi) is 6.33. The molecule has 0 aliphatic rings. The van der Waals surface area contributed by atoms with E-state index in [2.05, 4.69) is 20.6 Å². The molecule has 2 N–H and O–H groups in total. The van der Waals surface area contributed by atoms with Crippen LogP contribution in [0.1, 0.15) is 34.6 Å². The van der Waals surface area contributed by atoms with Gasteiger partial charge in [0.25, 0.3) is 0 Å². The minimum atomic E-state index is -0.856. The Bertz CT molecular complexity index is 1550. The molecule has 12 nitrogen and oxygen atoms in total. The largest absolute Gasteiger partial charge is 0.348 e. The molecule has 0 saturated carbocycles. The van der Waals surface area contributed by atoms with Crippen molar-refractivity contribution in [3.63, 3.8) is 0 Å². The van der Waals surface area contributed by atoms with Crippen LogP contribution in [0, 0.1) is 20.2 Å². The molecule has 4 aromatic rings. The van der Waals surface area contributed by atoms with E-state index in [9.17, 15) is 29.8 Å². The number of benzene rings is 3. The molecule has 0 saturated heterocycles. The number of hydrogen-bond acceptors (Lipinski definition) is 10. The van der Waals surface area contributed by atoms with Gasteiger partial charge in [0.2, 0.25) is 0 Å². The van der Waals surface area contributed by atoms with Crippen molar-refractivity contribution in [3.05, 3.63) is 92.0 Å². The van der Waals surface area contributed by atoms with Crippen LogP contribution in [0.25, 0.3) is 11.0 Å². The molecular formula is C24H18N6O6. The van der Waals surface area contributed by atoms with Crippen molar-refractivity contribution in [2.24, 2.45) is 0 Å². The number of fused-ring (bicyclic) bond motifs is 1. The van der Waals surface area contributed by atoms with E-state index in [1.807, 2.05) is 0 Å². The highest BCUT2D eigenvalue weighted by atomic mass is 16.6. The van der Waals surface area contributed by atoms with Crippen molar-refractivity contribution in [3.8, 4) is 0 Å². The second-order valence-electron chi connectivity index (χ2n) is 7.79. The average Bonchev–Trinajstić information content (AvgIpc) is 2.84. The van der Waals surface area contributed by atoms with E-state index in [4.69, 9.17) is 0 Å². The van der Waals surface area contributed by atoms with Crippen LogP contribution in [0.15, 0.2) is 60.7 Å². The van der Waals surface area contributed by atoms with Gasteiger partial charge in [-0.15, -0.1) is 0 Å². The molecule has 0 amide bonds. The first-order valence-electron chi connectivity index (χ1n) is 10.5. The van der Waals surface area contributed by atoms with Crippen molar-refractivity contribution in [1.29, 1.82) is 0 Å². The Morgan fingerprint density at radius 3 is 1.67 bits per heavy atom. The number of nitrogens with one attached hydrogen (secondary N) is 2. The Hall–Kier alpha value is -5.26. The third-order valence-electron chi connectivity index (χ3n) is 5.24. The van der Waals surface area contributed by atoms with E-state index < -0.39 is 21.2 Å². The van der Waals surface area contributed by atoms with Crippen molar-refractivity contribution in [1.82, 2.24) is 9.97 Å². The zero-order valence-corrected chi connectivity index (χ0v) is 19.0. The van der Waals surface area contributed by atoms with Gasteiger partial charge >= 0.3 is 11.4 Å². The van der Waals surface area contributed by atoms with Crippen LogP contribution >= 0.6 is 0 Å². The molecule has 36 heavy (non-hydrogen) atoms. The molecule has 1 aromatic heterocycles. The SMILES string of the molecule is CC(=O)c1ccc(Nc2nc3cc([N+](=O)[O-])c([N+](=O)[O-])cc3nc2Nc2cccc(C(C)=O)c2)cc1. The highest BCUT2D eigenvalue weighted by Gasteiger charge is 2.26. The Labute approximate surface area is 203 Å². The molecule has 0 aliphatic heterocycles. The lowest BCUT2D eigenvalue weighted by Gasteiger charge is -2.14. The third kappa shape index (κ3) is 4.97. The quantitative estimate of drug-likeness (QED) is 0.188. The van der Waals surface area contributed by atoms with Crippen LogP contribution in [0.4, 0.5) is 34.4 Å². The van der Waals surface area contributed by atoms with E-state index in [1.54, 1.807) is 48.5 Å². The molecule has 1 heterocycles. The molecule has 0 bridgehead atoms. The summed E-state index contributed by atoms with van der Waals surface area (Å²) in [5.74, 6) is 0.0696. The van der Waals surface area contributed by atoms with Crippen LogP contribution in [0.3, 0.4) is 0 Å². The number of nitro benzene ring substituents is 2. The van der Waals surface area contributed by atoms with E-state index in [1.165, 1.54) is 13.8 Å². The molecule has 12 heteroatoms. The first-order valence-corrected chi connectivity index (χ1v) is 10.5. The number of ketones is 2. The predicted octanol–water partition coefficient (Wildman–Crippen LogP) is 5.34. The summed E-state index contributed by atoms with van der Waals surface area (Å²) in [7, 11) is 0. The molecule has 180 valence electrons. The smallest absolute Gasteiger partial charge is 0.337 e. The molecular weight excluding hydrogens is 468 g/mol. The lowest BCUT2D eigenvalue weighted by Crippen LogP contribution is -2.05. The van der Waals surface area contributed by atoms with Crippen molar-refractivity contribution in [2.75, 3.05) is 10.6 Å². The molecule has 0 unspecified atom stereocenters. The van der Waals surface area contributed by atoms with Gasteiger partial charge in [0.15, 0.2) is 23.2 Å². The first-order chi connectivity index (χ1) is 17.1. The number of anilines is 4. The van der Waals surface area contributed by atoms with E-state index in [0.717, 1.165) is 12.1 Å². The number of Topliss-reactive ketones (excluding diaryl/α,β-unsaturated/α-hetero) is 2. The van der Waals surface area contributed by atoms with Crippen molar-refractivity contribution < 1.29 is 19.4 Å². The van der Waals surface area contributed by atoms with Gasteiger partial charge in [-0.2, -0.15) is 0 Å². The molecule has 3 aromatic carbocycles. The summed E-state index contributed by atoms with van der Waals surface area (Å²) in [5, 5.41) is 28.9. The zero-order chi connectivity index (χ0) is 26.0. The lowest BCUT2D eigenvalue weighted by molar-refractivity contribution is -0.422. The van der Waals surface area contributed by atoms with Gasteiger partial charge in [-0.05, 0) is 50.2 Å². The second-order valence-corrected chi connectivity index (χ2v) is 7.79. The molecule has 0 fully saturated rings. The van der Waals surface area contributed by atoms with Gasteiger partial charge in [0.1, 0.15) is 0 Å². The molecule has 0 atom stereocenters. The lowest BCUT2D eigenvalue weighted by atomic mass is 10.1. The maximum atomic E-state index is 11.8. The number of hydrogen-bond donors (Lipinski definition) is 2. The first kappa shape index (κ1) is 23.9. The van der Waals surface area contributed by atoms with Gasteiger partial charge in [-0.3, -0.25) is 29.8 Å². The second kappa shape index (κ2) is 9.54. The highest BCUT2D eigenvalue weighted by Crippen LogP contribution is 2.34. The number of carbonyl (C=O) groups is 2. The number of aromatic nitrogens is 2. The van der Waals surface area contributed by atoms with Crippen LogP contribution < -0.4 is 10.6 Å². The minimum absolute atomic E-state index is 0.0509. The molecule has 0 spiro atoms. The molecule has 0 radical (unpaired) electrons. The van der Waals surface area contributed by atoms with Gasteiger partial charge in [0.05, 0.1) is 33.0 Å². The van der Waals surface area contributed by atoms with Gasteiger partial charge < -0.3 is 10.6 Å². The van der Waals surface area contributed by atoms with Crippen molar-refractivity contribution >= 4 is 57.0 Å².